The molecule has 0 spiro atoms. The van der Waals surface area contributed by atoms with Crippen LogP contribution in [0.1, 0.15) is 0 Å². The van der Waals surface area contributed by atoms with E-state index in [9.17, 15) is 0 Å². The van der Waals surface area contributed by atoms with E-state index in [0.717, 1.165) is 54.5 Å². The van der Waals surface area contributed by atoms with Crippen LogP contribution in [0.5, 0.6) is 0 Å². The zero-order valence-electron chi connectivity index (χ0n) is 17.9. The maximum Gasteiger partial charge on any atom is 0.227 e. The summed E-state index contributed by atoms with van der Waals surface area (Å²) in [6.07, 6.45) is 3.90. The third-order valence-electron chi connectivity index (χ3n) is 5.96. The first-order chi connectivity index (χ1) is 15.1. The molecule has 7 nitrogen and oxygen atoms in total. The number of nitrogen functional groups attached to an aromatic ring is 1. The van der Waals surface area contributed by atoms with Crippen molar-refractivity contribution in [2.24, 2.45) is 7.05 Å². The maximum atomic E-state index is 6.39. The Hall–Kier alpha value is -3.58. The molecular weight excluding hydrogens is 386 g/mol. The lowest BCUT2D eigenvalue weighted by Crippen LogP contribution is -2.44. The van der Waals surface area contributed by atoms with E-state index < -0.39 is 0 Å². The molecule has 0 atom stereocenters. The van der Waals surface area contributed by atoms with Crippen molar-refractivity contribution in [3.8, 4) is 11.3 Å². The standard InChI is InChI=1S/C24H27N7/c1-29-11-13-31(14-12-29)23-8-7-17(15-20(23)25)27-24-26-10-9-21(28-24)19-16-30(2)22-6-4-3-5-18(19)22/h3-10,15-16H,11-14,25H2,1-2H3,(H,26,27,28). The van der Waals surface area contributed by atoms with E-state index in [0.29, 0.717) is 5.95 Å². The Balaban J connectivity index is 1.39. The number of aromatic nitrogens is 3. The molecule has 4 aromatic rings. The van der Waals surface area contributed by atoms with Crippen molar-refractivity contribution in [1.29, 1.82) is 0 Å². The molecule has 31 heavy (non-hydrogen) atoms. The molecule has 7 heteroatoms. The van der Waals surface area contributed by atoms with Crippen LogP contribution in [0.2, 0.25) is 0 Å². The van der Waals surface area contributed by atoms with E-state index in [1.54, 1.807) is 6.20 Å². The number of hydrogen-bond donors (Lipinski definition) is 2. The monoisotopic (exact) mass is 413 g/mol. The molecule has 1 saturated heterocycles. The molecule has 2 aromatic carbocycles. The smallest absolute Gasteiger partial charge is 0.227 e. The lowest BCUT2D eigenvalue weighted by molar-refractivity contribution is 0.313. The summed E-state index contributed by atoms with van der Waals surface area (Å²) < 4.78 is 2.12. The molecule has 0 bridgehead atoms. The summed E-state index contributed by atoms with van der Waals surface area (Å²) in [5.41, 5.74) is 12.3. The van der Waals surface area contributed by atoms with Gasteiger partial charge in [-0.2, -0.15) is 0 Å². The van der Waals surface area contributed by atoms with E-state index in [1.165, 1.54) is 10.9 Å². The van der Waals surface area contributed by atoms with Crippen LogP contribution in [0.4, 0.5) is 23.0 Å². The van der Waals surface area contributed by atoms with Gasteiger partial charge in [-0.1, -0.05) is 18.2 Å². The number of nitrogens with zero attached hydrogens (tertiary/aromatic N) is 5. The third kappa shape index (κ3) is 3.80. The number of hydrogen-bond acceptors (Lipinski definition) is 6. The van der Waals surface area contributed by atoms with Crippen molar-refractivity contribution >= 4 is 33.9 Å². The van der Waals surface area contributed by atoms with Gasteiger partial charge in [-0.15, -0.1) is 0 Å². The lowest BCUT2D eigenvalue weighted by Gasteiger charge is -2.34. The summed E-state index contributed by atoms with van der Waals surface area (Å²) in [5, 5.41) is 4.49. The van der Waals surface area contributed by atoms with E-state index >= 15 is 0 Å². The molecule has 0 saturated carbocycles. The molecule has 0 radical (unpaired) electrons. The van der Waals surface area contributed by atoms with Crippen molar-refractivity contribution in [1.82, 2.24) is 19.4 Å². The number of nitrogens with two attached hydrogens (primary N) is 1. The molecule has 0 unspecified atom stereocenters. The highest BCUT2D eigenvalue weighted by Gasteiger charge is 2.17. The van der Waals surface area contributed by atoms with Gasteiger partial charge in [0.2, 0.25) is 5.95 Å². The normalized spacial score (nSPS) is 14.8. The predicted molar refractivity (Wildman–Crippen MR) is 128 cm³/mol. The van der Waals surface area contributed by atoms with Crippen LogP contribution in [-0.2, 0) is 7.05 Å². The summed E-state index contributed by atoms with van der Waals surface area (Å²) in [7, 11) is 4.21. The Morgan fingerprint density at radius 3 is 2.58 bits per heavy atom. The highest BCUT2D eigenvalue weighted by molar-refractivity contribution is 5.95. The Kier molecular flexibility index (Phi) is 4.95. The first kappa shape index (κ1) is 19.4. The number of piperazine rings is 1. The van der Waals surface area contributed by atoms with Crippen molar-refractivity contribution < 1.29 is 0 Å². The number of benzene rings is 2. The molecule has 5 rings (SSSR count). The average molecular weight is 414 g/mol. The van der Waals surface area contributed by atoms with Gasteiger partial charge in [0.25, 0.3) is 0 Å². The molecular formula is C24H27N7. The highest BCUT2D eigenvalue weighted by Crippen LogP contribution is 2.31. The van der Waals surface area contributed by atoms with Gasteiger partial charge in [-0.05, 0) is 37.4 Å². The van der Waals surface area contributed by atoms with E-state index in [4.69, 9.17) is 10.7 Å². The second-order valence-corrected chi connectivity index (χ2v) is 8.13. The number of nitrogens with one attached hydrogen (secondary N) is 1. The predicted octanol–water partition coefficient (Wildman–Crippen LogP) is 3.71. The van der Waals surface area contributed by atoms with Crippen LogP contribution in [0.3, 0.4) is 0 Å². The topological polar surface area (TPSA) is 75.2 Å². The fourth-order valence-corrected chi connectivity index (χ4v) is 4.21. The average Bonchev–Trinajstić information content (AvgIpc) is 3.12. The second-order valence-electron chi connectivity index (χ2n) is 8.13. The number of aryl methyl sites for hydroxylation is 1. The number of anilines is 4. The molecule has 0 amide bonds. The number of para-hydroxylation sites is 1. The second kappa shape index (κ2) is 7.92. The molecule has 0 aliphatic carbocycles. The van der Waals surface area contributed by atoms with E-state index in [2.05, 4.69) is 75.3 Å². The van der Waals surface area contributed by atoms with Gasteiger partial charge in [0, 0.05) is 67.8 Å². The van der Waals surface area contributed by atoms with Crippen molar-refractivity contribution in [2.45, 2.75) is 0 Å². The minimum atomic E-state index is 0.553. The quantitative estimate of drug-likeness (QED) is 0.497. The molecule has 3 heterocycles. The Bertz CT molecular complexity index is 1220. The Morgan fingerprint density at radius 2 is 1.77 bits per heavy atom. The van der Waals surface area contributed by atoms with E-state index in [1.807, 2.05) is 18.2 Å². The summed E-state index contributed by atoms with van der Waals surface area (Å²) in [5.74, 6) is 0.553. The van der Waals surface area contributed by atoms with Gasteiger partial charge in [-0.25, -0.2) is 9.97 Å². The Labute approximate surface area is 182 Å². The number of likely N-dealkylation sites (N-methyl/N-ethyl adjacent to an activating group) is 1. The van der Waals surface area contributed by atoms with Crippen LogP contribution in [0, 0.1) is 0 Å². The first-order valence-corrected chi connectivity index (χ1v) is 10.6. The van der Waals surface area contributed by atoms with Gasteiger partial charge in [0.15, 0.2) is 0 Å². The molecule has 1 aliphatic rings. The minimum Gasteiger partial charge on any atom is -0.397 e. The molecule has 3 N–H and O–H groups in total. The summed E-state index contributed by atoms with van der Waals surface area (Å²) in [4.78, 5) is 13.9. The molecule has 1 fully saturated rings. The zero-order valence-corrected chi connectivity index (χ0v) is 17.9. The number of fused-ring (bicyclic) bond motifs is 1. The van der Waals surface area contributed by atoms with Crippen LogP contribution in [-0.4, -0.2) is 52.7 Å². The van der Waals surface area contributed by atoms with Crippen LogP contribution >= 0.6 is 0 Å². The van der Waals surface area contributed by atoms with Gasteiger partial charge < -0.3 is 25.4 Å². The zero-order chi connectivity index (χ0) is 21.4. The largest absolute Gasteiger partial charge is 0.397 e. The summed E-state index contributed by atoms with van der Waals surface area (Å²) >= 11 is 0. The SMILES string of the molecule is CN1CCN(c2ccc(Nc3nccc(-c4cn(C)c5ccccc45)n3)cc2N)CC1. The summed E-state index contributed by atoms with van der Waals surface area (Å²) in [6, 6.07) is 16.4. The van der Waals surface area contributed by atoms with Crippen molar-refractivity contribution in [3.63, 3.8) is 0 Å². The van der Waals surface area contributed by atoms with Gasteiger partial charge >= 0.3 is 0 Å². The van der Waals surface area contributed by atoms with Gasteiger partial charge in [-0.3, -0.25) is 0 Å². The highest BCUT2D eigenvalue weighted by atomic mass is 15.3. The fourth-order valence-electron chi connectivity index (χ4n) is 4.21. The summed E-state index contributed by atoms with van der Waals surface area (Å²) in [6.45, 7) is 4.08. The van der Waals surface area contributed by atoms with Crippen LogP contribution < -0.4 is 16.0 Å². The minimum absolute atomic E-state index is 0.553. The van der Waals surface area contributed by atoms with Crippen molar-refractivity contribution in [2.75, 3.05) is 49.2 Å². The van der Waals surface area contributed by atoms with Gasteiger partial charge in [0.05, 0.1) is 17.1 Å². The van der Waals surface area contributed by atoms with Crippen molar-refractivity contribution in [3.05, 3.63) is 60.9 Å². The first-order valence-electron chi connectivity index (χ1n) is 10.6. The van der Waals surface area contributed by atoms with Gasteiger partial charge in [0.1, 0.15) is 0 Å². The molecule has 158 valence electrons. The van der Waals surface area contributed by atoms with Crippen LogP contribution in [0.15, 0.2) is 60.9 Å². The fraction of sp³-hybridized carbons (Fsp3) is 0.250. The molecule has 1 aliphatic heterocycles. The number of rotatable bonds is 4. The Morgan fingerprint density at radius 1 is 0.968 bits per heavy atom. The third-order valence-corrected chi connectivity index (χ3v) is 5.96. The molecule has 2 aromatic heterocycles. The lowest BCUT2D eigenvalue weighted by atomic mass is 10.1. The van der Waals surface area contributed by atoms with E-state index in [-0.39, 0.29) is 0 Å². The maximum absolute atomic E-state index is 6.39. The van der Waals surface area contributed by atoms with Crippen LogP contribution in [0.25, 0.3) is 22.2 Å².